The molecule has 0 aliphatic rings. The van der Waals surface area contributed by atoms with Gasteiger partial charge in [-0.3, -0.25) is 19.4 Å². The summed E-state index contributed by atoms with van der Waals surface area (Å²) in [4.78, 5) is 48.3. The Morgan fingerprint density at radius 3 is 2.41 bits per heavy atom. The van der Waals surface area contributed by atoms with Crippen LogP contribution in [0.15, 0.2) is 30.5 Å². The number of phosphoric acid groups is 1. The van der Waals surface area contributed by atoms with Gasteiger partial charge in [0.2, 0.25) is 11.8 Å². The molecule has 2 atom stereocenters. The smallest absolute Gasteiger partial charge is 0.404 e. The fraction of sp³-hybridized carbons (Fsp3) is 0.522. The summed E-state index contributed by atoms with van der Waals surface area (Å²) in [5.41, 5.74) is 0.698. The fourth-order valence-electron chi connectivity index (χ4n) is 3.45. The van der Waals surface area contributed by atoms with Crippen LogP contribution in [0, 0.1) is 0 Å². The lowest BCUT2D eigenvalue weighted by Crippen LogP contribution is -2.48. The first-order valence-electron chi connectivity index (χ1n) is 11.5. The number of rotatable bonds is 14. The van der Waals surface area contributed by atoms with E-state index in [-0.39, 0.29) is 30.0 Å². The summed E-state index contributed by atoms with van der Waals surface area (Å²) < 4.78 is 15.5. The maximum atomic E-state index is 13.1. The second-order valence-corrected chi connectivity index (χ2v) is 10.4. The molecule has 0 saturated carbocycles. The molecule has 0 bridgehead atoms. The van der Waals surface area contributed by atoms with E-state index in [2.05, 4.69) is 27.1 Å². The number of amides is 2. The molecule has 4 N–H and O–H groups in total. The largest absolute Gasteiger partial charge is 0.524 e. The number of carbonyl (C=O) groups is 2. The molecule has 0 radical (unpaired) electrons. The zero-order chi connectivity index (χ0) is 25.1. The highest BCUT2D eigenvalue weighted by Gasteiger charge is 2.24. The fourth-order valence-corrected chi connectivity index (χ4v) is 4.94. The first kappa shape index (κ1) is 28.0. The average Bonchev–Trinajstić information content (AvgIpc) is 3.23. The summed E-state index contributed by atoms with van der Waals surface area (Å²) in [7, 11) is -4.65. The van der Waals surface area contributed by atoms with Gasteiger partial charge >= 0.3 is 7.82 Å². The summed E-state index contributed by atoms with van der Waals surface area (Å²) in [5.74, 6) is -0.645. The molecule has 2 amide bonds. The van der Waals surface area contributed by atoms with Gasteiger partial charge in [-0.25, -0.2) is 9.55 Å². The van der Waals surface area contributed by atoms with Gasteiger partial charge in [0, 0.05) is 24.4 Å². The molecule has 0 aliphatic heterocycles. The maximum absolute atomic E-state index is 13.1. The predicted octanol–water partition coefficient (Wildman–Crippen LogP) is 4.05. The Balaban J connectivity index is 2.04. The van der Waals surface area contributed by atoms with Gasteiger partial charge in [0.05, 0.1) is 6.04 Å². The van der Waals surface area contributed by atoms with E-state index in [0.717, 1.165) is 17.8 Å². The number of hydrogen-bond acceptors (Lipinski definition) is 6. The molecule has 1 heterocycles. The first-order chi connectivity index (χ1) is 16.1. The molecule has 11 heteroatoms. The van der Waals surface area contributed by atoms with Crippen molar-refractivity contribution in [2.45, 2.75) is 77.8 Å². The Labute approximate surface area is 204 Å². The molecule has 0 aliphatic carbocycles. The van der Waals surface area contributed by atoms with E-state index in [9.17, 15) is 14.2 Å². The molecule has 2 rings (SSSR count). The number of benzene rings is 1. The van der Waals surface area contributed by atoms with Crippen molar-refractivity contribution in [3.63, 3.8) is 0 Å². The van der Waals surface area contributed by atoms with Crippen molar-refractivity contribution in [3.05, 3.63) is 45.9 Å². The third-order valence-corrected chi connectivity index (χ3v) is 6.77. The molecule has 1 aromatic carbocycles. The van der Waals surface area contributed by atoms with Gasteiger partial charge in [-0.1, -0.05) is 45.2 Å². The molecule has 188 valence electrons. The van der Waals surface area contributed by atoms with Crippen LogP contribution in [-0.4, -0.2) is 32.6 Å². The predicted molar refractivity (Wildman–Crippen MR) is 132 cm³/mol. The average molecular weight is 512 g/mol. The Kier molecular flexibility index (Phi) is 11.2. The highest BCUT2D eigenvalue weighted by atomic mass is 32.1. The van der Waals surface area contributed by atoms with Crippen molar-refractivity contribution in [2.24, 2.45) is 0 Å². The lowest BCUT2D eigenvalue weighted by atomic mass is 10.0. The Bertz CT molecular complexity index is 975. The number of aromatic nitrogens is 1. The molecule has 9 nitrogen and oxygen atoms in total. The van der Waals surface area contributed by atoms with E-state index in [0.29, 0.717) is 12.0 Å². The van der Waals surface area contributed by atoms with E-state index < -0.39 is 13.9 Å². The zero-order valence-corrected chi connectivity index (χ0v) is 21.5. The summed E-state index contributed by atoms with van der Waals surface area (Å²) in [5, 5.41) is 6.54. The lowest BCUT2D eigenvalue weighted by Gasteiger charge is -2.21. The summed E-state index contributed by atoms with van der Waals surface area (Å²) >= 11 is 1.61. The minimum Gasteiger partial charge on any atom is -0.404 e. The van der Waals surface area contributed by atoms with Gasteiger partial charge in [0.1, 0.15) is 16.8 Å². The van der Waals surface area contributed by atoms with Crippen LogP contribution in [0.5, 0.6) is 5.75 Å². The number of nitrogens with one attached hydrogen (secondary N) is 2. The van der Waals surface area contributed by atoms with Crippen LogP contribution in [0.3, 0.4) is 0 Å². The molecule has 0 fully saturated rings. The SMILES string of the molecule is CCCCCCc1cnc([C@H](CC)NC(=O)[C@H](Cc2ccc(OP(=O)(O)O)cc2)NC(C)=O)s1. The van der Waals surface area contributed by atoms with Gasteiger partial charge in [-0.15, -0.1) is 11.3 Å². The van der Waals surface area contributed by atoms with Gasteiger partial charge in [-0.2, -0.15) is 0 Å². The van der Waals surface area contributed by atoms with Crippen LogP contribution < -0.4 is 15.2 Å². The van der Waals surface area contributed by atoms with Crippen LogP contribution in [-0.2, 0) is 27.0 Å². The van der Waals surface area contributed by atoms with E-state index >= 15 is 0 Å². The van der Waals surface area contributed by atoms with E-state index in [1.807, 2.05) is 13.1 Å². The minimum atomic E-state index is -4.65. The van der Waals surface area contributed by atoms with Gasteiger partial charge < -0.3 is 15.2 Å². The number of hydrogen-bond donors (Lipinski definition) is 4. The normalized spacial score (nSPS) is 13.2. The monoisotopic (exact) mass is 511 g/mol. The Morgan fingerprint density at radius 1 is 1.12 bits per heavy atom. The second-order valence-electron chi connectivity index (χ2n) is 8.13. The van der Waals surface area contributed by atoms with Crippen molar-refractivity contribution in [1.29, 1.82) is 0 Å². The molecule has 1 aromatic heterocycles. The Hall–Kier alpha value is -2.26. The van der Waals surface area contributed by atoms with E-state index in [4.69, 9.17) is 9.79 Å². The van der Waals surface area contributed by atoms with Crippen molar-refractivity contribution >= 4 is 31.0 Å². The van der Waals surface area contributed by atoms with Crippen LogP contribution >= 0.6 is 19.2 Å². The zero-order valence-electron chi connectivity index (χ0n) is 19.8. The van der Waals surface area contributed by atoms with Crippen LogP contribution in [0.4, 0.5) is 0 Å². The highest BCUT2D eigenvalue weighted by Crippen LogP contribution is 2.37. The first-order valence-corrected chi connectivity index (χ1v) is 13.8. The third kappa shape index (κ3) is 9.93. The van der Waals surface area contributed by atoms with Crippen molar-refractivity contribution in [1.82, 2.24) is 15.6 Å². The van der Waals surface area contributed by atoms with Gasteiger partial charge in [0.15, 0.2) is 0 Å². The Morgan fingerprint density at radius 2 is 1.82 bits per heavy atom. The number of thiazole rings is 1. The van der Waals surface area contributed by atoms with Crippen molar-refractivity contribution in [3.8, 4) is 5.75 Å². The lowest BCUT2D eigenvalue weighted by molar-refractivity contribution is -0.128. The summed E-state index contributed by atoms with van der Waals surface area (Å²) in [6, 6.07) is 4.94. The van der Waals surface area contributed by atoms with Crippen molar-refractivity contribution < 1.29 is 28.5 Å². The number of nitrogens with zero attached hydrogens (tertiary/aromatic N) is 1. The van der Waals surface area contributed by atoms with Crippen LogP contribution in [0.1, 0.15) is 74.4 Å². The van der Waals surface area contributed by atoms with E-state index in [1.165, 1.54) is 43.2 Å². The van der Waals surface area contributed by atoms with Crippen molar-refractivity contribution in [2.75, 3.05) is 0 Å². The standard InChI is InChI=1S/C23H34N3O6PS/c1-4-6-7-8-9-19-15-24-23(34-19)20(5-2)26-22(28)21(25-16(3)27)14-17-10-12-18(13-11-17)32-33(29,30)31/h10-13,15,20-21H,4-9,14H2,1-3H3,(H,25,27)(H,26,28)(H2,29,30,31)/t20-,21-/m0/s1. The second kappa shape index (κ2) is 13.6. The molecular formula is C23H34N3O6PS. The number of carbonyl (C=O) groups excluding carboxylic acids is 2. The number of aryl methyl sites for hydroxylation is 1. The van der Waals surface area contributed by atoms with Crippen LogP contribution in [0.2, 0.25) is 0 Å². The maximum Gasteiger partial charge on any atom is 0.524 e. The molecule has 0 spiro atoms. The highest BCUT2D eigenvalue weighted by molar-refractivity contribution is 7.46. The molecule has 0 unspecified atom stereocenters. The molecular weight excluding hydrogens is 477 g/mol. The number of unbranched alkanes of at least 4 members (excludes halogenated alkanes) is 3. The third-order valence-electron chi connectivity index (χ3n) is 5.15. The molecule has 34 heavy (non-hydrogen) atoms. The minimum absolute atomic E-state index is 0.0120. The van der Waals surface area contributed by atoms with Gasteiger partial charge in [-0.05, 0) is 37.0 Å². The molecule has 2 aromatic rings. The topological polar surface area (TPSA) is 138 Å². The van der Waals surface area contributed by atoms with Gasteiger partial charge in [0.25, 0.3) is 0 Å². The van der Waals surface area contributed by atoms with Crippen LogP contribution in [0.25, 0.3) is 0 Å². The quantitative estimate of drug-likeness (QED) is 0.222. The molecule has 0 saturated heterocycles. The van der Waals surface area contributed by atoms with E-state index in [1.54, 1.807) is 23.5 Å². The summed E-state index contributed by atoms with van der Waals surface area (Å²) in [6.07, 6.45) is 8.48. The summed E-state index contributed by atoms with van der Waals surface area (Å²) in [6.45, 7) is 5.50. The number of phosphoric ester groups is 1.